The van der Waals surface area contributed by atoms with Gasteiger partial charge in [-0.1, -0.05) is 19.8 Å². The van der Waals surface area contributed by atoms with Crippen LogP contribution in [0.3, 0.4) is 0 Å². The first-order valence-corrected chi connectivity index (χ1v) is 7.31. The van der Waals surface area contributed by atoms with Crippen LogP contribution in [0.25, 0.3) is 0 Å². The van der Waals surface area contributed by atoms with Gasteiger partial charge in [0.15, 0.2) is 0 Å². The molecule has 0 radical (unpaired) electrons. The highest BCUT2D eigenvalue weighted by Crippen LogP contribution is 2.32. The number of piperidine rings is 1. The van der Waals surface area contributed by atoms with Crippen molar-refractivity contribution in [2.45, 2.75) is 51.0 Å². The minimum absolute atomic E-state index is 0.0303. The fourth-order valence-corrected chi connectivity index (χ4v) is 3.47. The van der Waals surface area contributed by atoms with Crippen LogP contribution in [0.1, 0.15) is 45.4 Å². The van der Waals surface area contributed by atoms with Gasteiger partial charge < -0.3 is 15.7 Å². The summed E-state index contributed by atoms with van der Waals surface area (Å²) in [5, 5.41) is 16.8. The van der Waals surface area contributed by atoms with Gasteiger partial charge in [0, 0.05) is 5.54 Å². The van der Waals surface area contributed by atoms with Crippen LogP contribution in [0.4, 0.5) is 0 Å². The van der Waals surface area contributed by atoms with Crippen molar-refractivity contribution in [2.24, 2.45) is 11.8 Å². The molecule has 2 rings (SSSR count). The highest BCUT2D eigenvalue weighted by atomic mass is 16.3. The second-order valence-corrected chi connectivity index (χ2v) is 6.21. The Labute approximate surface area is 105 Å². The van der Waals surface area contributed by atoms with Crippen LogP contribution in [-0.2, 0) is 0 Å². The molecule has 2 aliphatic rings. The molecule has 1 saturated carbocycles. The molecule has 17 heavy (non-hydrogen) atoms. The molecule has 1 heterocycles. The molecule has 0 spiro atoms. The fourth-order valence-electron chi connectivity index (χ4n) is 3.47. The molecule has 3 N–H and O–H groups in total. The molecule has 100 valence electrons. The van der Waals surface area contributed by atoms with E-state index in [0.29, 0.717) is 6.61 Å². The lowest BCUT2D eigenvalue weighted by Gasteiger charge is -2.41. The van der Waals surface area contributed by atoms with Crippen LogP contribution in [0, 0.1) is 11.8 Å². The number of aliphatic hydroxyl groups is 1. The second-order valence-electron chi connectivity index (χ2n) is 6.21. The predicted molar refractivity (Wildman–Crippen MR) is 71.0 cm³/mol. The molecule has 1 saturated heterocycles. The van der Waals surface area contributed by atoms with Gasteiger partial charge in [0.25, 0.3) is 0 Å². The Balaban J connectivity index is 1.81. The van der Waals surface area contributed by atoms with E-state index in [2.05, 4.69) is 17.6 Å². The molecule has 2 unspecified atom stereocenters. The van der Waals surface area contributed by atoms with E-state index < -0.39 is 0 Å². The lowest BCUT2D eigenvalue weighted by molar-refractivity contribution is 0.0936. The third kappa shape index (κ3) is 3.67. The summed E-state index contributed by atoms with van der Waals surface area (Å²) in [6.45, 7) is 6.04. The fraction of sp³-hybridized carbons (Fsp3) is 1.00. The maximum atomic E-state index is 9.71. The molecule has 0 bridgehead atoms. The number of hydrogen-bond donors (Lipinski definition) is 3. The summed E-state index contributed by atoms with van der Waals surface area (Å²) in [6.07, 6.45) is 7.46. The topological polar surface area (TPSA) is 44.3 Å². The molecule has 1 aliphatic carbocycles. The van der Waals surface area contributed by atoms with Gasteiger partial charge >= 0.3 is 0 Å². The van der Waals surface area contributed by atoms with Gasteiger partial charge in [0.2, 0.25) is 0 Å². The summed E-state index contributed by atoms with van der Waals surface area (Å²) in [7, 11) is 0. The van der Waals surface area contributed by atoms with Crippen molar-refractivity contribution < 1.29 is 5.11 Å². The van der Waals surface area contributed by atoms with Crippen molar-refractivity contribution in [3.63, 3.8) is 0 Å². The summed E-state index contributed by atoms with van der Waals surface area (Å²) in [5.41, 5.74) is 0.0303. The Morgan fingerprint density at radius 2 is 2.06 bits per heavy atom. The molecular weight excluding hydrogens is 212 g/mol. The molecular formula is C14H28N2O. The van der Waals surface area contributed by atoms with Crippen LogP contribution >= 0.6 is 0 Å². The summed E-state index contributed by atoms with van der Waals surface area (Å²) in [5.74, 6) is 1.56. The standard InChI is InChI=1S/C14H28N2O/c1-12-3-2-6-14(9-12,11-17)16-10-13-4-7-15-8-5-13/h12-13,15-17H,2-11H2,1H3. The Hall–Kier alpha value is -0.120. The highest BCUT2D eigenvalue weighted by molar-refractivity contribution is 4.93. The van der Waals surface area contributed by atoms with E-state index in [1.807, 2.05) is 0 Å². The number of hydrogen-bond acceptors (Lipinski definition) is 3. The molecule has 0 amide bonds. The van der Waals surface area contributed by atoms with Gasteiger partial charge in [-0.05, 0) is 57.2 Å². The molecule has 0 aromatic carbocycles. The Bertz CT molecular complexity index is 228. The summed E-state index contributed by atoms with van der Waals surface area (Å²) >= 11 is 0. The zero-order chi connectivity index (χ0) is 12.1. The normalized spacial score (nSPS) is 36.0. The van der Waals surface area contributed by atoms with Crippen LogP contribution < -0.4 is 10.6 Å². The van der Waals surface area contributed by atoms with Gasteiger partial charge in [0.05, 0.1) is 6.61 Å². The van der Waals surface area contributed by atoms with Crippen LogP contribution in [-0.4, -0.2) is 36.9 Å². The zero-order valence-electron chi connectivity index (χ0n) is 11.2. The lowest BCUT2D eigenvalue weighted by atomic mass is 9.76. The summed E-state index contributed by atoms with van der Waals surface area (Å²) in [6, 6.07) is 0. The van der Waals surface area contributed by atoms with Crippen molar-refractivity contribution in [3.8, 4) is 0 Å². The number of aliphatic hydroxyl groups excluding tert-OH is 1. The molecule has 0 aromatic heterocycles. The first-order valence-electron chi connectivity index (χ1n) is 7.31. The maximum Gasteiger partial charge on any atom is 0.0613 e. The van der Waals surface area contributed by atoms with E-state index in [0.717, 1.165) is 44.3 Å². The average Bonchev–Trinajstić information content (AvgIpc) is 2.38. The van der Waals surface area contributed by atoms with Crippen LogP contribution in [0.15, 0.2) is 0 Å². The molecule has 0 aromatic rings. The van der Waals surface area contributed by atoms with E-state index in [4.69, 9.17) is 0 Å². The first-order chi connectivity index (χ1) is 8.24. The Kier molecular flexibility index (Phi) is 4.83. The maximum absolute atomic E-state index is 9.71. The Morgan fingerprint density at radius 1 is 1.29 bits per heavy atom. The van der Waals surface area contributed by atoms with E-state index >= 15 is 0 Å². The average molecular weight is 240 g/mol. The highest BCUT2D eigenvalue weighted by Gasteiger charge is 2.34. The Morgan fingerprint density at radius 3 is 2.71 bits per heavy atom. The second kappa shape index (κ2) is 6.17. The van der Waals surface area contributed by atoms with Crippen molar-refractivity contribution in [1.82, 2.24) is 10.6 Å². The van der Waals surface area contributed by atoms with Crippen molar-refractivity contribution >= 4 is 0 Å². The quantitative estimate of drug-likeness (QED) is 0.698. The molecule has 3 nitrogen and oxygen atoms in total. The molecule has 2 fully saturated rings. The lowest BCUT2D eigenvalue weighted by Crippen LogP contribution is -2.53. The van der Waals surface area contributed by atoms with Crippen LogP contribution in [0.2, 0.25) is 0 Å². The molecule has 2 atom stereocenters. The van der Waals surface area contributed by atoms with Gasteiger partial charge in [-0.2, -0.15) is 0 Å². The number of rotatable bonds is 4. The van der Waals surface area contributed by atoms with Crippen molar-refractivity contribution in [2.75, 3.05) is 26.2 Å². The van der Waals surface area contributed by atoms with Crippen molar-refractivity contribution in [1.29, 1.82) is 0 Å². The van der Waals surface area contributed by atoms with Gasteiger partial charge in [-0.3, -0.25) is 0 Å². The first kappa shape index (κ1) is 13.3. The largest absolute Gasteiger partial charge is 0.394 e. The van der Waals surface area contributed by atoms with Gasteiger partial charge in [-0.25, -0.2) is 0 Å². The van der Waals surface area contributed by atoms with Gasteiger partial charge in [-0.15, -0.1) is 0 Å². The van der Waals surface area contributed by atoms with E-state index in [1.54, 1.807) is 0 Å². The minimum Gasteiger partial charge on any atom is -0.394 e. The monoisotopic (exact) mass is 240 g/mol. The van der Waals surface area contributed by atoms with E-state index in [-0.39, 0.29) is 5.54 Å². The van der Waals surface area contributed by atoms with Gasteiger partial charge in [0.1, 0.15) is 0 Å². The summed E-state index contributed by atoms with van der Waals surface area (Å²) in [4.78, 5) is 0. The zero-order valence-corrected chi connectivity index (χ0v) is 11.2. The smallest absolute Gasteiger partial charge is 0.0613 e. The third-order valence-corrected chi connectivity index (χ3v) is 4.62. The predicted octanol–water partition coefficient (Wildman–Crippen LogP) is 1.52. The van der Waals surface area contributed by atoms with E-state index in [1.165, 1.54) is 25.7 Å². The number of nitrogens with one attached hydrogen (secondary N) is 2. The van der Waals surface area contributed by atoms with Crippen LogP contribution in [0.5, 0.6) is 0 Å². The van der Waals surface area contributed by atoms with E-state index in [9.17, 15) is 5.11 Å². The summed E-state index contributed by atoms with van der Waals surface area (Å²) < 4.78 is 0. The molecule has 1 aliphatic heterocycles. The molecule has 3 heteroatoms. The SMILES string of the molecule is CC1CCCC(CO)(NCC2CCNCC2)C1. The minimum atomic E-state index is 0.0303. The third-order valence-electron chi connectivity index (χ3n) is 4.62. The van der Waals surface area contributed by atoms with Crippen molar-refractivity contribution in [3.05, 3.63) is 0 Å².